The van der Waals surface area contributed by atoms with E-state index in [9.17, 15) is 19.5 Å². The third kappa shape index (κ3) is 7.86. The Bertz CT molecular complexity index is 2420. The number of aromatic nitrogens is 3. The zero-order valence-electron chi connectivity index (χ0n) is 33.7. The number of nitrogens with two attached hydrogens (primary N) is 1. The smallest absolute Gasteiger partial charge is 0.328 e. The number of anilines is 3. The number of imide groups is 1. The molecule has 0 spiro atoms. The van der Waals surface area contributed by atoms with E-state index in [0.29, 0.717) is 87.0 Å². The van der Waals surface area contributed by atoms with E-state index in [1.807, 2.05) is 48.5 Å². The van der Waals surface area contributed by atoms with Crippen molar-refractivity contribution in [1.82, 2.24) is 29.9 Å². The molecule has 0 radical (unpaired) electrons. The predicted octanol–water partition coefficient (Wildman–Crippen LogP) is 6.00. The fourth-order valence-corrected chi connectivity index (χ4v) is 9.28. The molecule has 5 aromatic rings. The second-order valence-electron chi connectivity index (χ2n) is 16.6. The van der Waals surface area contributed by atoms with Gasteiger partial charge in [0.15, 0.2) is 5.82 Å². The summed E-state index contributed by atoms with van der Waals surface area (Å²) in [7, 11) is 0. The largest absolute Gasteiger partial charge is 0.507 e. The molecule has 4 aliphatic heterocycles. The van der Waals surface area contributed by atoms with Gasteiger partial charge in [0.05, 0.1) is 18.0 Å². The minimum Gasteiger partial charge on any atom is -0.507 e. The van der Waals surface area contributed by atoms with Crippen LogP contribution in [-0.2, 0) is 9.53 Å². The number of amides is 4. The highest BCUT2D eigenvalue weighted by molar-refractivity contribution is 6.06. The second-order valence-corrected chi connectivity index (χ2v) is 16.6. The molecule has 15 heteroatoms. The Hall–Kier alpha value is -6.06. The van der Waals surface area contributed by atoms with Crippen molar-refractivity contribution in [2.75, 3.05) is 74.5 Å². The van der Waals surface area contributed by atoms with Gasteiger partial charge in [-0.25, -0.2) is 9.18 Å². The molecule has 0 bridgehead atoms. The topological polar surface area (TPSA) is 162 Å². The van der Waals surface area contributed by atoms with Crippen LogP contribution in [0, 0.1) is 6.92 Å². The first-order valence-corrected chi connectivity index (χ1v) is 20.8. The number of alkyl halides is 1. The molecule has 3 aromatic carbocycles. The molecule has 2 aromatic heterocycles. The van der Waals surface area contributed by atoms with Crippen molar-refractivity contribution in [2.45, 2.75) is 56.8 Å². The first-order valence-electron chi connectivity index (χ1n) is 20.8. The van der Waals surface area contributed by atoms with Gasteiger partial charge in [0, 0.05) is 112 Å². The molecule has 4 N–H and O–H groups in total. The minimum atomic E-state index is -1.36. The molecule has 0 aliphatic carbocycles. The third-order valence-electron chi connectivity index (χ3n) is 12.7. The summed E-state index contributed by atoms with van der Waals surface area (Å²) in [5.74, 6) is 0.0554. The minimum absolute atomic E-state index is 0.0985. The zero-order valence-corrected chi connectivity index (χ0v) is 33.7. The summed E-state index contributed by atoms with van der Waals surface area (Å²) in [6.45, 7) is 6.70. The van der Waals surface area contributed by atoms with Crippen LogP contribution in [0.2, 0.25) is 0 Å². The van der Waals surface area contributed by atoms with Gasteiger partial charge in [-0.2, -0.15) is 0 Å². The number of hydrogen-bond donors (Lipinski definition) is 3. The summed E-state index contributed by atoms with van der Waals surface area (Å²) in [5.41, 5.74) is 11.2. The predicted molar refractivity (Wildman–Crippen MR) is 227 cm³/mol. The van der Waals surface area contributed by atoms with Crippen LogP contribution in [0.4, 0.5) is 26.4 Å². The lowest BCUT2D eigenvalue weighted by Crippen LogP contribution is -2.51. The average molecular weight is 816 g/mol. The number of nitrogen functional groups attached to an aromatic ring is 1. The van der Waals surface area contributed by atoms with Gasteiger partial charge >= 0.3 is 6.03 Å². The van der Waals surface area contributed by atoms with Gasteiger partial charge in [0.25, 0.3) is 5.91 Å². The Morgan fingerprint density at radius 2 is 1.73 bits per heavy atom. The number of aromatic hydroxyl groups is 1. The Morgan fingerprint density at radius 3 is 2.48 bits per heavy atom. The van der Waals surface area contributed by atoms with E-state index >= 15 is 4.39 Å². The fourth-order valence-electron chi connectivity index (χ4n) is 9.28. The first-order chi connectivity index (χ1) is 29.0. The lowest BCUT2D eigenvalue weighted by atomic mass is 9.91. The van der Waals surface area contributed by atoms with Crippen LogP contribution in [0.3, 0.4) is 0 Å². The number of benzene rings is 3. The van der Waals surface area contributed by atoms with Crippen LogP contribution in [0.15, 0.2) is 79.0 Å². The van der Waals surface area contributed by atoms with Crippen molar-refractivity contribution in [3.8, 4) is 17.0 Å². The lowest BCUT2D eigenvalue weighted by molar-refractivity contribution is -0.120. The molecular weight excluding hydrogens is 766 g/mol. The summed E-state index contributed by atoms with van der Waals surface area (Å²) < 4.78 is 24.8. The third-order valence-corrected chi connectivity index (χ3v) is 12.7. The lowest BCUT2D eigenvalue weighted by Gasteiger charge is -2.41. The Labute approximate surface area is 347 Å². The Balaban J connectivity index is 0.768. The highest BCUT2D eigenvalue weighted by Gasteiger charge is 2.39. The highest BCUT2D eigenvalue weighted by Crippen LogP contribution is 2.37. The molecule has 4 saturated heterocycles. The molecule has 0 unspecified atom stereocenters. The number of phenols is 1. The molecule has 4 aliphatic rings. The maximum absolute atomic E-state index is 16.4. The highest BCUT2D eigenvalue weighted by atomic mass is 19.1. The summed E-state index contributed by atoms with van der Waals surface area (Å²) in [6.07, 6.45) is 4.59. The van der Waals surface area contributed by atoms with E-state index in [0.717, 1.165) is 53.6 Å². The van der Waals surface area contributed by atoms with Gasteiger partial charge in [-0.05, 0) is 79.4 Å². The van der Waals surface area contributed by atoms with Crippen molar-refractivity contribution in [3.63, 3.8) is 0 Å². The van der Waals surface area contributed by atoms with Gasteiger partial charge in [0.2, 0.25) is 5.91 Å². The van der Waals surface area contributed by atoms with E-state index in [-0.39, 0.29) is 36.1 Å². The molecule has 0 saturated carbocycles. The molecule has 9 rings (SSSR count). The molecule has 312 valence electrons. The van der Waals surface area contributed by atoms with E-state index in [2.05, 4.69) is 49.1 Å². The standard InChI is InChI=1S/C45H50FN9O5/c1-29-26-55(37-11-10-33(24-35(29)37)54-19-14-41(57)48-44(54)59)32-12-17-51(18-13-32)28-45(46)15-20-52(21-16-45)43(58)31-8-6-30(7-9-31)40-27-53(22-23-60-40)38-25-36(49-50-42(38)47)34-4-2-3-5-39(34)56/h2-11,24-26,32,40,56H,12-23,27-28H2,1H3,(H2,47,50)(H,48,57,59)/t40-/m0/s1. The van der Waals surface area contributed by atoms with Crippen LogP contribution in [-0.4, -0.2) is 112 Å². The van der Waals surface area contributed by atoms with E-state index in [4.69, 9.17) is 10.5 Å². The zero-order chi connectivity index (χ0) is 41.5. The second kappa shape index (κ2) is 16.2. The summed E-state index contributed by atoms with van der Waals surface area (Å²) in [6, 6.07) is 22.2. The number of likely N-dealkylation sites (tertiary alicyclic amines) is 2. The molecule has 1 atom stereocenters. The summed E-state index contributed by atoms with van der Waals surface area (Å²) in [4.78, 5) is 45.4. The number of carbonyl (C=O) groups excluding carboxylic acids is 3. The number of morpholine rings is 1. The van der Waals surface area contributed by atoms with E-state index in [1.165, 1.54) is 0 Å². The number of piperidine rings is 2. The van der Waals surface area contributed by atoms with Gasteiger partial charge in [-0.3, -0.25) is 19.8 Å². The average Bonchev–Trinajstić information content (AvgIpc) is 3.59. The summed E-state index contributed by atoms with van der Waals surface area (Å²) in [5, 5.41) is 22.2. The Morgan fingerprint density at radius 1 is 0.967 bits per heavy atom. The number of carbonyl (C=O) groups is 3. The Kier molecular flexibility index (Phi) is 10.6. The normalized spacial score (nSPS) is 20.4. The number of fused-ring (bicyclic) bond motifs is 1. The number of hydrogen-bond acceptors (Lipinski definition) is 10. The fraction of sp³-hybridized carbons (Fsp3) is 0.400. The van der Waals surface area contributed by atoms with Crippen LogP contribution < -0.4 is 20.9 Å². The number of nitrogens with one attached hydrogen (secondary N) is 1. The number of aryl methyl sites for hydroxylation is 1. The number of ether oxygens (including phenoxy) is 1. The SMILES string of the molecule is Cc1cn(C2CCN(CC3(F)CCN(C(=O)c4ccc([C@@H]5CN(c6cc(-c7ccccc7O)nnc6N)CCO5)cc4)CC3)CC2)c2ccc(N3CCC(=O)NC3=O)cc12. The molecular formula is C45H50FN9O5. The van der Waals surface area contributed by atoms with Crippen molar-refractivity contribution in [3.05, 3.63) is 95.7 Å². The van der Waals surface area contributed by atoms with E-state index < -0.39 is 11.7 Å². The monoisotopic (exact) mass is 815 g/mol. The number of phenolic OH excluding ortho intramolecular Hbond substituents is 1. The van der Waals surface area contributed by atoms with E-state index in [1.54, 1.807) is 28.0 Å². The molecule has 4 fully saturated rings. The quantitative estimate of drug-likeness (QED) is 0.169. The van der Waals surface area contributed by atoms with Crippen LogP contribution in [0.5, 0.6) is 5.75 Å². The maximum Gasteiger partial charge on any atom is 0.328 e. The maximum atomic E-state index is 16.4. The van der Waals surface area contributed by atoms with Crippen LogP contribution >= 0.6 is 0 Å². The van der Waals surface area contributed by atoms with Crippen LogP contribution in [0.25, 0.3) is 22.2 Å². The number of para-hydroxylation sites is 1. The number of rotatable bonds is 8. The molecule has 60 heavy (non-hydrogen) atoms. The number of halogens is 1. The number of urea groups is 1. The van der Waals surface area contributed by atoms with Gasteiger partial charge in [0.1, 0.15) is 17.5 Å². The van der Waals surface area contributed by atoms with Gasteiger partial charge in [-0.1, -0.05) is 24.3 Å². The molecule has 6 heterocycles. The molecule has 4 amide bonds. The van der Waals surface area contributed by atoms with Crippen molar-refractivity contribution >= 4 is 45.9 Å². The number of nitrogens with zero attached hydrogens (tertiary/aromatic N) is 7. The van der Waals surface area contributed by atoms with Gasteiger partial charge < -0.3 is 34.8 Å². The van der Waals surface area contributed by atoms with Crippen LogP contribution in [0.1, 0.15) is 65.7 Å². The van der Waals surface area contributed by atoms with Gasteiger partial charge in [-0.15, -0.1) is 10.2 Å². The first kappa shape index (κ1) is 39.4. The molecule has 14 nitrogen and oxygen atoms in total. The summed E-state index contributed by atoms with van der Waals surface area (Å²) >= 11 is 0. The van der Waals surface area contributed by atoms with Crippen molar-refractivity contribution in [2.24, 2.45) is 0 Å². The van der Waals surface area contributed by atoms with Crippen molar-refractivity contribution in [1.29, 1.82) is 0 Å². The van der Waals surface area contributed by atoms with Crippen molar-refractivity contribution < 1.29 is 28.6 Å².